The van der Waals surface area contributed by atoms with Crippen molar-refractivity contribution in [1.29, 1.82) is 0 Å². The first-order chi connectivity index (χ1) is 15.3. The zero-order valence-electron chi connectivity index (χ0n) is 19.4. The largest absolute Gasteiger partial charge is 0.355 e. The van der Waals surface area contributed by atoms with E-state index < -0.39 is 0 Å². The van der Waals surface area contributed by atoms with Gasteiger partial charge < -0.3 is 15.5 Å². The van der Waals surface area contributed by atoms with Crippen molar-refractivity contribution < 1.29 is 14.4 Å². The molecule has 0 radical (unpaired) electrons. The maximum absolute atomic E-state index is 13.0. The third-order valence-corrected chi connectivity index (χ3v) is 5.02. The Morgan fingerprint density at radius 3 is 2.25 bits per heavy atom. The van der Waals surface area contributed by atoms with Crippen molar-refractivity contribution in [3.63, 3.8) is 0 Å². The van der Waals surface area contributed by atoms with Crippen molar-refractivity contribution in [2.45, 2.75) is 52.9 Å². The number of carbonyl (C=O) groups is 3. The number of nitrogens with one attached hydrogen (secondary N) is 2. The Kier molecular flexibility index (Phi) is 9.85. The molecule has 0 fully saturated rings. The van der Waals surface area contributed by atoms with E-state index >= 15 is 0 Å². The summed E-state index contributed by atoms with van der Waals surface area (Å²) in [6.45, 7) is 8.86. The van der Waals surface area contributed by atoms with Crippen LogP contribution in [0.4, 0.5) is 11.5 Å². The van der Waals surface area contributed by atoms with Crippen LogP contribution in [0.15, 0.2) is 48.7 Å². The fourth-order valence-corrected chi connectivity index (χ4v) is 3.06. The number of carbonyl (C=O) groups excluding carboxylic acids is 3. The summed E-state index contributed by atoms with van der Waals surface area (Å²) in [6, 6.07) is 12.8. The minimum Gasteiger partial charge on any atom is -0.355 e. The van der Waals surface area contributed by atoms with Gasteiger partial charge >= 0.3 is 0 Å². The molecule has 2 N–H and O–H groups in total. The minimum atomic E-state index is -0.298. The molecule has 0 aliphatic rings. The molecule has 1 heterocycles. The van der Waals surface area contributed by atoms with Crippen molar-refractivity contribution in [2.24, 2.45) is 5.92 Å². The van der Waals surface area contributed by atoms with Crippen LogP contribution in [0, 0.1) is 5.92 Å². The van der Waals surface area contributed by atoms with E-state index in [2.05, 4.69) is 43.3 Å². The number of rotatable bonds is 11. The molecule has 0 saturated carbocycles. The Balaban J connectivity index is 2.04. The van der Waals surface area contributed by atoms with Crippen molar-refractivity contribution in [3.05, 3.63) is 54.2 Å². The Labute approximate surface area is 190 Å². The van der Waals surface area contributed by atoms with Gasteiger partial charge in [0.25, 0.3) is 0 Å². The van der Waals surface area contributed by atoms with Crippen LogP contribution in [0.25, 0.3) is 0 Å². The molecular formula is C25H34N4O3. The van der Waals surface area contributed by atoms with E-state index in [4.69, 9.17) is 0 Å². The van der Waals surface area contributed by atoms with Crippen LogP contribution in [0.2, 0.25) is 0 Å². The van der Waals surface area contributed by atoms with Gasteiger partial charge in [-0.15, -0.1) is 0 Å². The third kappa shape index (κ3) is 8.49. The molecule has 0 bridgehead atoms. The first-order valence-electron chi connectivity index (χ1n) is 11.1. The van der Waals surface area contributed by atoms with E-state index in [1.165, 1.54) is 4.90 Å². The highest BCUT2D eigenvalue weighted by Gasteiger charge is 2.20. The summed E-state index contributed by atoms with van der Waals surface area (Å²) in [5, 5.41) is 5.55. The number of anilines is 2. The van der Waals surface area contributed by atoms with E-state index in [0.29, 0.717) is 29.9 Å². The smallest absolute Gasteiger partial charge is 0.240 e. The summed E-state index contributed by atoms with van der Waals surface area (Å²) in [4.78, 5) is 43.2. The second-order valence-corrected chi connectivity index (χ2v) is 8.52. The van der Waals surface area contributed by atoms with Crippen LogP contribution in [0.5, 0.6) is 0 Å². The van der Waals surface area contributed by atoms with Gasteiger partial charge in [-0.25, -0.2) is 4.98 Å². The number of amides is 3. The monoisotopic (exact) mass is 438 g/mol. The zero-order valence-corrected chi connectivity index (χ0v) is 19.4. The van der Waals surface area contributed by atoms with Crippen LogP contribution in [-0.4, -0.2) is 35.8 Å². The molecule has 2 rings (SSSR count). The Bertz CT molecular complexity index is 880. The minimum absolute atomic E-state index is 0.00491. The summed E-state index contributed by atoms with van der Waals surface area (Å²) >= 11 is 0. The topological polar surface area (TPSA) is 91.4 Å². The average Bonchev–Trinajstić information content (AvgIpc) is 2.76. The molecule has 7 heteroatoms. The number of benzene rings is 1. The lowest BCUT2D eigenvalue weighted by Crippen LogP contribution is -2.41. The molecule has 0 spiro atoms. The SMILES string of the molecule is CC(C)CCNC(=O)CN(C(=O)CCC(=O)Nc1ccccn1)c1ccc(C(C)C)cc1. The van der Waals surface area contributed by atoms with Gasteiger partial charge in [0.05, 0.1) is 0 Å². The summed E-state index contributed by atoms with van der Waals surface area (Å²) < 4.78 is 0. The van der Waals surface area contributed by atoms with E-state index in [0.717, 1.165) is 12.0 Å². The molecule has 172 valence electrons. The van der Waals surface area contributed by atoms with Gasteiger partial charge in [0.1, 0.15) is 12.4 Å². The summed E-state index contributed by atoms with van der Waals surface area (Å²) in [6.07, 6.45) is 2.45. The molecule has 0 aliphatic carbocycles. The quantitative estimate of drug-likeness (QED) is 0.552. The molecule has 2 aromatic rings. The molecule has 1 aromatic heterocycles. The summed E-state index contributed by atoms with van der Waals surface area (Å²) in [5.74, 6) is 0.489. The van der Waals surface area contributed by atoms with Gasteiger partial charge in [0, 0.05) is 31.3 Å². The normalized spacial score (nSPS) is 10.8. The summed E-state index contributed by atoms with van der Waals surface area (Å²) in [5.41, 5.74) is 1.79. The van der Waals surface area contributed by atoms with Crippen molar-refractivity contribution in [3.8, 4) is 0 Å². The van der Waals surface area contributed by atoms with Gasteiger partial charge in [0.2, 0.25) is 17.7 Å². The van der Waals surface area contributed by atoms with Gasteiger partial charge in [0.15, 0.2) is 0 Å². The number of hydrogen-bond acceptors (Lipinski definition) is 4. The van der Waals surface area contributed by atoms with E-state index in [9.17, 15) is 14.4 Å². The molecule has 0 atom stereocenters. The molecule has 0 aliphatic heterocycles. The maximum atomic E-state index is 13.0. The molecular weight excluding hydrogens is 404 g/mol. The first-order valence-corrected chi connectivity index (χ1v) is 11.1. The van der Waals surface area contributed by atoms with Gasteiger partial charge in [-0.05, 0) is 48.1 Å². The fourth-order valence-electron chi connectivity index (χ4n) is 3.06. The number of pyridine rings is 1. The first kappa shape index (κ1) is 25.0. The van der Waals surface area contributed by atoms with Crippen LogP contribution in [0.3, 0.4) is 0 Å². The second-order valence-electron chi connectivity index (χ2n) is 8.52. The average molecular weight is 439 g/mol. The Morgan fingerprint density at radius 2 is 1.66 bits per heavy atom. The highest BCUT2D eigenvalue weighted by molar-refractivity contribution is 6.01. The van der Waals surface area contributed by atoms with Crippen molar-refractivity contribution >= 4 is 29.2 Å². The predicted molar refractivity (Wildman–Crippen MR) is 127 cm³/mol. The third-order valence-electron chi connectivity index (χ3n) is 5.02. The van der Waals surface area contributed by atoms with E-state index in [-0.39, 0.29) is 37.1 Å². The van der Waals surface area contributed by atoms with Crippen LogP contribution >= 0.6 is 0 Å². The van der Waals surface area contributed by atoms with Crippen molar-refractivity contribution in [2.75, 3.05) is 23.3 Å². The fraction of sp³-hybridized carbons (Fsp3) is 0.440. The molecule has 3 amide bonds. The van der Waals surface area contributed by atoms with Crippen LogP contribution in [0.1, 0.15) is 58.4 Å². The highest BCUT2D eigenvalue weighted by Crippen LogP contribution is 2.21. The van der Waals surface area contributed by atoms with Crippen LogP contribution < -0.4 is 15.5 Å². The van der Waals surface area contributed by atoms with Gasteiger partial charge in [-0.1, -0.05) is 45.9 Å². The number of nitrogens with zero attached hydrogens (tertiary/aromatic N) is 2. The lowest BCUT2D eigenvalue weighted by molar-refractivity contribution is -0.125. The predicted octanol–water partition coefficient (Wildman–Crippen LogP) is 4.12. The Hall–Kier alpha value is -3.22. The van der Waals surface area contributed by atoms with E-state index in [1.807, 2.05) is 24.3 Å². The molecule has 1 aromatic carbocycles. The second kappa shape index (κ2) is 12.6. The number of aromatic nitrogens is 1. The van der Waals surface area contributed by atoms with E-state index in [1.54, 1.807) is 24.4 Å². The van der Waals surface area contributed by atoms with Crippen LogP contribution in [-0.2, 0) is 14.4 Å². The zero-order chi connectivity index (χ0) is 23.5. The van der Waals surface area contributed by atoms with Crippen molar-refractivity contribution in [1.82, 2.24) is 10.3 Å². The maximum Gasteiger partial charge on any atom is 0.240 e. The molecule has 32 heavy (non-hydrogen) atoms. The lowest BCUT2D eigenvalue weighted by atomic mass is 10.0. The lowest BCUT2D eigenvalue weighted by Gasteiger charge is -2.23. The van der Waals surface area contributed by atoms with Gasteiger partial charge in [-0.2, -0.15) is 0 Å². The summed E-state index contributed by atoms with van der Waals surface area (Å²) in [7, 11) is 0. The van der Waals surface area contributed by atoms with Gasteiger partial charge in [-0.3, -0.25) is 14.4 Å². The highest BCUT2D eigenvalue weighted by atomic mass is 16.2. The molecule has 0 saturated heterocycles. The standard InChI is InChI=1S/C25H34N4O3/c1-18(2)14-16-27-24(31)17-29(21-10-8-20(9-11-21)19(3)4)25(32)13-12-23(30)28-22-7-5-6-15-26-22/h5-11,15,18-19H,12-14,16-17H2,1-4H3,(H,27,31)(H,26,28,30). The number of hydrogen-bond donors (Lipinski definition) is 2. The molecule has 0 unspecified atom stereocenters. The Morgan fingerprint density at radius 1 is 0.938 bits per heavy atom. The molecule has 7 nitrogen and oxygen atoms in total.